The lowest BCUT2D eigenvalue weighted by Crippen LogP contribution is -2.32. The van der Waals surface area contributed by atoms with E-state index >= 15 is 0 Å². The van der Waals surface area contributed by atoms with Gasteiger partial charge in [-0.15, -0.1) is 0 Å². The Morgan fingerprint density at radius 1 is 1.50 bits per heavy atom. The molecule has 0 atom stereocenters. The zero-order chi connectivity index (χ0) is 16.8. The molecule has 1 aromatic rings. The minimum absolute atomic E-state index is 0.0766. The fourth-order valence-corrected chi connectivity index (χ4v) is 1.38. The summed E-state index contributed by atoms with van der Waals surface area (Å²) >= 11 is 0. The second kappa shape index (κ2) is 7.87. The molecule has 1 rings (SSSR count). The number of anilines is 1. The van der Waals surface area contributed by atoms with E-state index in [0.29, 0.717) is 12.1 Å². The van der Waals surface area contributed by atoms with Crippen molar-refractivity contribution in [1.29, 1.82) is 0 Å². The molecule has 1 heterocycles. The predicted molar refractivity (Wildman–Crippen MR) is 69.3 cm³/mol. The lowest BCUT2D eigenvalue weighted by molar-refractivity contribution is -0.166. The standard InChI is InChI=1S/C12H15F4N3O3/c1-2-7-5-9(21)19-11(17-7)18-8(20)3-4-22-6-12(15,16)10(13)14/h5,10H,2-4,6H2,1H3,(H2,17,18,19,20,21). The van der Waals surface area contributed by atoms with Crippen LogP contribution in [0.1, 0.15) is 19.0 Å². The van der Waals surface area contributed by atoms with Crippen molar-refractivity contribution in [3.8, 4) is 0 Å². The van der Waals surface area contributed by atoms with Gasteiger partial charge in [-0.2, -0.15) is 8.78 Å². The number of nitrogens with one attached hydrogen (secondary N) is 2. The van der Waals surface area contributed by atoms with Gasteiger partial charge in [-0.1, -0.05) is 6.92 Å². The zero-order valence-electron chi connectivity index (χ0n) is 11.7. The molecule has 0 saturated heterocycles. The number of nitrogens with zero attached hydrogens (tertiary/aromatic N) is 1. The van der Waals surface area contributed by atoms with Gasteiger partial charge in [0.1, 0.15) is 6.61 Å². The quantitative estimate of drug-likeness (QED) is 0.561. The minimum atomic E-state index is -4.25. The molecule has 1 aromatic heterocycles. The summed E-state index contributed by atoms with van der Waals surface area (Å²) in [7, 11) is 0. The third-order valence-electron chi connectivity index (χ3n) is 2.50. The van der Waals surface area contributed by atoms with Gasteiger partial charge in [0.25, 0.3) is 5.56 Å². The van der Waals surface area contributed by atoms with E-state index in [9.17, 15) is 27.2 Å². The number of aryl methyl sites for hydroxylation is 1. The number of carbonyl (C=O) groups excluding carboxylic acids is 1. The molecule has 6 nitrogen and oxygen atoms in total. The third-order valence-corrected chi connectivity index (χ3v) is 2.50. The molecule has 0 fully saturated rings. The summed E-state index contributed by atoms with van der Waals surface area (Å²) in [5.41, 5.74) is 0.0156. The van der Waals surface area contributed by atoms with Crippen LogP contribution in [0.5, 0.6) is 0 Å². The number of amides is 1. The van der Waals surface area contributed by atoms with Crippen LogP contribution < -0.4 is 10.9 Å². The number of alkyl halides is 4. The van der Waals surface area contributed by atoms with Crippen LogP contribution in [0.4, 0.5) is 23.5 Å². The molecule has 1 amide bonds. The van der Waals surface area contributed by atoms with Crippen LogP contribution in [0.3, 0.4) is 0 Å². The van der Waals surface area contributed by atoms with Crippen molar-refractivity contribution in [2.45, 2.75) is 32.1 Å². The van der Waals surface area contributed by atoms with E-state index in [0.717, 1.165) is 0 Å². The Balaban J connectivity index is 2.41. The first kappa shape index (κ1) is 18.1. The number of ether oxygens (including phenoxy) is 1. The van der Waals surface area contributed by atoms with Crippen LogP contribution in [0.15, 0.2) is 10.9 Å². The normalized spacial score (nSPS) is 11.7. The molecular formula is C12H15F4N3O3. The molecule has 0 aliphatic carbocycles. The first-order chi connectivity index (χ1) is 10.2. The lowest BCUT2D eigenvalue weighted by atomic mass is 10.3. The molecule has 0 saturated carbocycles. The number of hydrogen-bond donors (Lipinski definition) is 2. The van der Waals surface area contributed by atoms with Crippen molar-refractivity contribution in [3.05, 3.63) is 22.1 Å². The van der Waals surface area contributed by atoms with Gasteiger partial charge in [0.05, 0.1) is 13.0 Å². The van der Waals surface area contributed by atoms with Crippen molar-refractivity contribution < 1.29 is 27.1 Å². The Labute approximate surface area is 122 Å². The van der Waals surface area contributed by atoms with E-state index in [1.54, 1.807) is 6.92 Å². The highest BCUT2D eigenvalue weighted by Crippen LogP contribution is 2.22. The van der Waals surface area contributed by atoms with Gasteiger partial charge < -0.3 is 4.74 Å². The summed E-state index contributed by atoms with van der Waals surface area (Å²) in [6, 6.07) is 1.27. The van der Waals surface area contributed by atoms with Crippen molar-refractivity contribution in [3.63, 3.8) is 0 Å². The number of carbonyl (C=O) groups is 1. The van der Waals surface area contributed by atoms with E-state index < -0.39 is 37.0 Å². The van der Waals surface area contributed by atoms with Gasteiger partial charge in [0, 0.05) is 11.8 Å². The highest BCUT2D eigenvalue weighted by molar-refractivity contribution is 5.88. The van der Waals surface area contributed by atoms with Crippen LogP contribution in [0, 0.1) is 0 Å². The Bertz CT molecular complexity index is 563. The smallest absolute Gasteiger partial charge is 0.330 e. The summed E-state index contributed by atoms with van der Waals surface area (Å²) in [4.78, 5) is 29.0. The fourth-order valence-electron chi connectivity index (χ4n) is 1.38. The molecular weight excluding hydrogens is 310 g/mol. The SMILES string of the molecule is CCc1cc(=O)[nH]c(NC(=O)CCOCC(F)(F)C(F)F)n1. The summed E-state index contributed by atoms with van der Waals surface area (Å²) in [5, 5.41) is 2.26. The molecule has 0 bridgehead atoms. The Hall–Kier alpha value is -1.97. The maximum absolute atomic E-state index is 12.5. The molecule has 0 aliphatic heterocycles. The molecule has 0 radical (unpaired) electrons. The van der Waals surface area contributed by atoms with Crippen molar-refractivity contribution >= 4 is 11.9 Å². The molecule has 0 spiro atoms. The molecule has 22 heavy (non-hydrogen) atoms. The molecule has 124 valence electrons. The van der Waals surface area contributed by atoms with Crippen LogP contribution in [-0.2, 0) is 16.0 Å². The van der Waals surface area contributed by atoms with Gasteiger partial charge in [0.2, 0.25) is 11.9 Å². The zero-order valence-corrected chi connectivity index (χ0v) is 11.7. The first-order valence-corrected chi connectivity index (χ1v) is 6.38. The van der Waals surface area contributed by atoms with E-state index in [-0.39, 0.29) is 12.4 Å². The van der Waals surface area contributed by atoms with Gasteiger partial charge >= 0.3 is 12.3 Å². The number of aromatic nitrogens is 2. The van der Waals surface area contributed by atoms with Crippen molar-refractivity contribution in [1.82, 2.24) is 9.97 Å². The minimum Gasteiger partial charge on any atom is -0.374 e. The van der Waals surface area contributed by atoms with E-state index in [1.165, 1.54) is 6.07 Å². The number of aromatic amines is 1. The van der Waals surface area contributed by atoms with E-state index in [4.69, 9.17) is 0 Å². The summed E-state index contributed by atoms with van der Waals surface area (Å²) in [5.74, 6) is -4.98. The molecule has 2 N–H and O–H groups in total. The average molecular weight is 325 g/mol. The summed E-state index contributed by atoms with van der Waals surface area (Å²) in [6.07, 6.45) is -3.69. The van der Waals surface area contributed by atoms with E-state index in [2.05, 4.69) is 20.0 Å². The largest absolute Gasteiger partial charge is 0.374 e. The number of hydrogen-bond acceptors (Lipinski definition) is 4. The Morgan fingerprint density at radius 3 is 2.77 bits per heavy atom. The molecule has 10 heteroatoms. The average Bonchev–Trinajstić information content (AvgIpc) is 2.42. The summed E-state index contributed by atoms with van der Waals surface area (Å²) < 4.78 is 53.1. The van der Waals surface area contributed by atoms with Crippen LogP contribution in [0.25, 0.3) is 0 Å². The second-order valence-corrected chi connectivity index (χ2v) is 4.35. The maximum Gasteiger partial charge on any atom is 0.330 e. The van der Waals surface area contributed by atoms with Crippen LogP contribution in [-0.4, -0.2) is 41.4 Å². The number of halogens is 4. The van der Waals surface area contributed by atoms with E-state index in [1.807, 2.05) is 0 Å². The second-order valence-electron chi connectivity index (χ2n) is 4.35. The maximum atomic E-state index is 12.5. The van der Waals surface area contributed by atoms with Gasteiger partial charge in [-0.3, -0.25) is 19.9 Å². The van der Waals surface area contributed by atoms with Crippen LogP contribution >= 0.6 is 0 Å². The third kappa shape index (κ3) is 5.80. The summed E-state index contributed by atoms with van der Waals surface area (Å²) in [6.45, 7) is -0.172. The predicted octanol–water partition coefficient (Wildman–Crippen LogP) is 1.58. The number of rotatable bonds is 8. The Morgan fingerprint density at radius 2 is 2.18 bits per heavy atom. The monoisotopic (exact) mass is 325 g/mol. The molecule has 0 unspecified atom stereocenters. The van der Waals surface area contributed by atoms with Crippen LogP contribution in [0.2, 0.25) is 0 Å². The fraction of sp³-hybridized carbons (Fsp3) is 0.583. The Kier molecular flexibility index (Phi) is 6.47. The highest BCUT2D eigenvalue weighted by Gasteiger charge is 2.40. The van der Waals surface area contributed by atoms with Crippen molar-refractivity contribution in [2.24, 2.45) is 0 Å². The highest BCUT2D eigenvalue weighted by atomic mass is 19.3. The first-order valence-electron chi connectivity index (χ1n) is 6.38. The lowest BCUT2D eigenvalue weighted by Gasteiger charge is -2.14. The van der Waals surface area contributed by atoms with Gasteiger partial charge in [-0.25, -0.2) is 13.8 Å². The van der Waals surface area contributed by atoms with Gasteiger partial charge in [0.15, 0.2) is 0 Å². The molecule has 0 aromatic carbocycles. The number of H-pyrrole nitrogens is 1. The topological polar surface area (TPSA) is 84.1 Å². The van der Waals surface area contributed by atoms with Crippen molar-refractivity contribution in [2.75, 3.05) is 18.5 Å². The molecule has 0 aliphatic rings. The van der Waals surface area contributed by atoms with Gasteiger partial charge in [-0.05, 0) is 6.42 Å².